The first-order valence-corrected chi connectivity index (χ1v) is 7.51. The zero-order chi connectivity index (χ0) is 15.9. The normalized spacial score (nSPS) is 25.8. The minimum absolute atomic E-state index is 0.175. The van der Waals surface area contributed by atoms with Crippen LogP contribution >= 0.6 is 0 Å². The lowest BCUT2D eigenvalue weighted by Gasteiger charge is -2.44. The molecule has 0 aromatic carbocycles. The highest BCUT2D eigenvalue weighted by molar-refractivity contribution is 7.88. The van der Waals surface area contributed by atoms with E-state index >= 15 is 0 Å². The first-order chi connectivity index (χ1) is 8.88. The van der Waals surface area contributed by atoms with Crippen molar-refractivity contribution in [1.29, 1.82) is 0 Å². The van der Waals surface area contributed by atoms with Crippen LogP contribution in [0.5, 0.6) is 0 Å². The van der Waals surface area contributed by atoms with Gasteiger partial charge < -0.3 is 4.74 Å². The van der Waals surface area contributed by atoms with Crippen molar-refractivity contribution in [3.8, 4) is 0 Å². The predicted octanol–water partition coefficient (Wildman–Crippen LogP) is 1.46. The molecule has 0 saturated carbocycles. The Bertz CT molecular complexity index is 553. The summed E-state index contributed by atoms with van der Waals surface area (Å²) in [6.07, 6.45) is -5.20. The Labute approximate surface area is 115 Å². The number of hydrogen-bond acceptors (Lipinski definition) is 4. The van der Waals surface area contributed by atoms with Crippen LogP contribution in [0.15, 0.2) is 11.1 Å². The maximum absolute atomic E-state index is 13.5. The average Bonchev–Trinajstić information content (AvgIpc) is 2.28. The number of methoxy groups -OCH3 is 1. The van der Waals surface area contributed by atoms with E-state index in [4.69, 9.17) is 0 Å². The third kappa shape index (κ3) is 2.56. The SMILES string of the molecule is COC(=O)[C@@]1(C(F)(F)F)CC(C)=C(C)CN1S(C)(=O)=O. The summed E-state index contributed by atoms with van der Waals surface area (Å²) in [5.74, 6) is -1.62. The van der Waals surface area contributed by atoms with Crippen molar-refractivity contribution in [1.82, 2.24) is 4.31 Å². The fraction of sp³-hybridized carbons (Fsp3) is 0.727. The van der Waals surface area contributed by atoms with E-state index in [9.17, 15) is 26.4 Å². The van der Waals surface area contributed by atoms with Gasteiger partial charge >= 0.3 is 12.1 Å². The lowest BCUT2D eigenvalue weighted by molar-refractivity contribution is -0.228. The molecule has 0 aromatic heterocycles. The number of hydrogen-bond donors (Lipinski definition) is 0. The van der Waals surface area contributed by atoms with Crippen LogP contribution in [0.1, 0.15) is 20.3 Å². The van der Waals surface area contributed by atoms with E-state index in [0.29, 0.717) is 17.4 Å². The lowest BCUT2D eigenvalue weighted by Crippen LogP contribution is -2.67. The molecule has 20 heavy (non-hydrogen) atoms. The standard InChI is InChI=1S/C11H16F3NO4S/c1-7-5-10(9(16)19-3,11(12,13)14)15(6-8(7)2)20(4,17)18/h5-6H2,1-4H3/t10-/m1/s1. The second-order valence-corrected chi connectivity index (χ2v) is 6.76. The molecule has 0 bridgehead atoms. The Balaban J connectivity index is 3.64. The van der Waals surface area contributed by atoms with Crippen LogP contribution in [0, 0.1) is 0 Å². The largest absolute Gasteiger partial charge is 0.467 e. The van der Waals surface area contributed by atoms with Gasteiger partial charge in [-0.15, -0.1) is 0 Å². The topological polar surface area (TPSA) is 63.7 Å². The smallest absolute Gasteiger partial charge is 0.418 e. The van der Waals surface area contributed by atoms with Crippen molar-refractivity contribution in [2.75, 3.05) is 19.9 Å². The molecule has 0 N–H and O–H groups in total. The van der Waals surface area contributed by atoms with E-state index in [1.165, 1.54) is 13.8 Å². The minimum atomic E-state index is -5.08. The van der Waals surface area contributed by atoms with Crippen molar-refractivity contribution < 1.29 is 31.1 Å². The molecule has 0 spiro atoms. The highest BCUT2D eigenvalue weighted by Crippen LogP contribution is 2.45. The Kier molecular flexibility index (Phi) is 4.27. The van der Waals surface area contributed by atoms with E-state index in [1.807, 2.05) is 0 Å². The summed E-state index contributed by atoms with van der Waals surface area (Å²) < 4.78 is 68.3. The van der Waals surface area contributed by atoms with Crippen molar-refractivity contribution in [2.24, 2.45) is 0 Å². The molecule has 0 fully saturated rings. The maximum Gasteiger partial charge on any atom is 0.418 e. The zero-order valence-electron chi connectivity index (χ0n) is 11.5. The number of esters is 1. The fourth-order valence-electron chi connectivity index (χ4n) is 2.21. The number of carbonyl (C=O) groups excluding carboxylic acids is 1. The minimum Gasteiger partial charge on any atom is -0.467 e. The molecule has 0 saturated heterocycles. The molecule has 9 heteroatoms. The summed E-state index contributed by atoms with van der Waals surface area (Å²) in [6.45, 7) is 2.49. The van der Waals surface area contributed by atoms with Gasteiger partial charge in [-0.05, 0) is 13.8 Å². The summed E-state index contributed by atoms with van der Waals surface area (Å²) >= 11 is 0. The second-order valence-electron chi connectivity index (χ2n) is 4.86. The van der Waals surface area contributed by atoms with Gasteiger partial charge in [-0.2, -0.15) is 17.5 Å². The number of rotatable bonds is 2. The molecule has 1 heterocycles. The van der Waals surface area contributed by atoms with Gasteiger partial charge in [0.15, 0.2) is 0 Å². The van der Waals surface area contributed by atoms with Crippen LogP contribution in [0.4, 0.5) is 13.2 Å². The number of alkyl halides is 3. The van der Waals surface area contributed by atoms with Gasteiger partial charge in [-0.25, -0.2) is 13.2 Å². The summed E-state index contributed by atoms with van der Waals surface area (Å²) in [5.41, 5.74) is -2.38. The van der Waals surface area contributed by atoms with Crippen LogP contribution in [0.2, 0.25) is 0 Å². The molecular formula is C11H16F3NO4S. The summed E-state index contributed by atoms with van der Waals surface area (Å²) in [6, 6.07) is 0. The molecule has 5 nitrogen and oxygen atoms in total. The number of ether oxygens (including phenoxy) is 1. The molecule has 1 aliphatic rings. The third-order valence-electron chi connectivity index (χ3n) is 3.45. The van der Waals surface area contributed by atoms with Crippen molar-refractivity contribution in [2.45, 2.75) is 32.0 Å². The lowest BCUT2D eigenvalue weighted by atomic mass is 9.85. The first-order valence-electron chi connectivity index (χ1n) is 5.66. The van der Waals surface area contributed by atoms with Crippen LogP contribution in [0.3, 0.4) is 0 Å². The summed E-state index contributed by atoms with van der Waals surface area (Å²) in [5, 5.41) is 0. The fourth-order valence-corrected chi connectivity index (χ4v) is 3.45. The third-order valence-corrected chi connectivity index (χ3v) is 4.69. The van der Waals surface area contributed by atoms with Gasteiger partial charge in [0.2, 0.25) is 15.6 Å². The molecule has 0 radical (unpaired) electrons. The number of halogens is 3. The zero-order valence-corrected chi connectivity index (χ0v) is 12.4. The molecule has 1 aliphatic heterocycles. The molecule has 1 atom stereocenters. The highest BCUT2D eigenvalue weighted by Gasteiger charge is 2.68. The molecular weight excluding hydrogens is 299 g/mol. The van der Waals surface area contributed by atoms with E-state index in [2.05, 4.69) is 4.74 Å². The Hall–Kier alpha value is -1.09. The molecule has 0 amide bonds. The second kappa shape index (κ2) is 5.03. The van der Waals surface area contributed by atoms with Crippen LogP contribution in [-0.2, 0) is 19.6 Å². The van der Waals surface area contributed by atoms with Crippen LogP contribution in [0.25, 0.3) is 0 Å². The van der Waals surface area contributed by atoms with Gasteiger partial charge in [0, 0.05) is 13.0 Å². The van der Waals surface area contributed by atoms with Gasteiger partial charge in [0.25, 0.3) is 0 Å². The van der Waals surface area contributed by atoms with Gasteiger partial charge in [-0.1, -0.05) is 11.1 Å². The Morgan fingerprint density at radius 2 is 1.80 bits per heavy atom. The maximum atomic E-state index is 13.5. The molecule has 1 rings (SSSR count). The average molecular weight is 315 g/mol. The van der Waals surface area contributed by atoms with E-state index in [0.717, 1.165) is 7.11 Å². The molecule has 0 unspecified atom stereocenters. The number of nitrogens with zero attached hydrogens (tertiary/aromatic N) is 1. The highest BCUT2D eigenvalue weighted by atomic mass is 32.2. The van der Waals surface area contributed by atoms with E-state index in [1.54, 1.807) is 0 Å². The quantitative estimate of drug-likeness (QED) is 0.572. The van der Waals surface area contributed by atoms with Crippen molar-refractivity contribution in [3.05, 3.63) is 11.1 Å². The predicted molar refractivity (Wildman–Crippen MR) is 65.3 cm³/mol. The van der Waals surface area contributed by atoms with E-state index in [-0.39, 0.29) is 4.31 Å². The number of sulfonamides is 1. The monoisotopic (exact) mass is 315 g/mol. The van der Waals surface area contributed by atoms with Gasteiger partial charge in [0.05, 0.1) is 13.4 Å². The van der Waals surface area contributed by atoms with Gasteiger partial charge in [0.1, 0.15) is 0 Å². The van der Waals surface area contributed by atoms with Crippen molar-refractivity contribution >= 4 is 16.0 Å². The van der Waals surface area contributed by atoms with Crippen LogP contribution in [-0.4, -0.2) is 50.3 Å². The Morgan fingerprint density at radius 1 is 1.30 bits per heavy atom. The molecule has 0 aromatic rings. The molecule has 116 valence electrons. The van der Waals surface area contributed by atoms with E-state index < -0.39 is 40.7 Å². The summed E-state index contributed by atoms with van der Waals surface area (Å²) in [7, 11) is -3.45. The number of carbonyl (C=O) groups is 1. The van der Waals surface area contributed by atoms with Crippen LogP contribution < -0.4 is 0 Å². The first kappa shape index (κ1) is 17.0. The molecule has 0 aliphatic carbocycles. The van der Waals surface area contributed by atoms with Crippen molar-refractivity contribution in [3.63, 3.8) is 0 Å². The Morgan fingerprint density at radius 3 is 2.15 bits per heavy atom. The summed E-state index contributed by atoms with van der Waals surface area (Å²) in [4.78, 5) is 11.8. The van der Waals surface area contributed by atoms with Gasteiger partial charge in [-0.3, -0.25) is 0 Å².